The predicted molar refractivity (Wildman–Crippen MR) is 58.3 cm³/mol. The zero-order valence-electron chi connectivity index (χ0n) is 8.65. The normalized spacial score (nSPS) is 13.5. The Morgan fingerprint density at radius 3 is 2.08 bits per heavy atom. The molecule has 0 fully saturated rings. The predicted octanol–water partition coefficient (Wildman–Crippen LogP) is 3.37. The topological polar surface area (TPSA) is 20.2 Å². The maximum Gasteiger partial charge on any atom is 0.188 e. The van der Waals surface area contributed by atoms with Crippen LogP contribution in [0.15, 0.2) is 0 Å². The first-order valence-corrected chi connectivity index (χ1v) is 8.08. The van der Waals surface area contributed by atoms with Gasteiger partial charge in [0.25, 0.3) is 0 Å². The number of unbranched alkanes of at least 4 members (excludes halogenated alkanes) is 1. The molecule has 0 aromatic heterocycles. The smallest absolute Gasteiger partial charge is 0.188 e. The van der Waals surface area contributed by atoms with E-state index in [1.165, 1.54) is 0 Å². The highest BCUT2D eigenvalue weighted by atomic mass is 35.5. The Bertz CT molecular complexity index is 129. The summed E-state index contributed by atoms with van der Waals surface area (Å²) in [7, 11) is -1.98. The van der Waals surface area contributed by atoms with Crippen LogP contribution in [0.5, 0.6) is 0 Å². The van der Waals surface area contributed by atoms with Crippen LogP contribution in [0.4, 0.5) is 0 Å². The van der Waals surface area contributed by atoms with Gasteiger partial charge in [-0.05, 0) is 31.0 Å². The van der Waals surface area contributed by atoms with Gasteiger partial charge in [-0.15, -0.1) is 11.6 Å². The molecule has 0 unspecified atom stereocenters. The summed E-state index contributed by atoms with van der Waals surface area (Å²) in [6.45, 7) is 8.34. The van der Waals surface area contributed by atoms with E-state index in [1.54, 1.807) is 0 Å². The van der Waals surface area contributed by atoms with E-state index in [9.17, 15) is 4.80 Å². The van der Waals surface area contributed by atoms with Gasteiger partial charge in [0.2, 0.25) is 0 Å². The largest absolute Gasteiger partial charge is 0.432 e. The van der Waals surface area contributed by atoms with Crippen molar-refractivity contribution in [1.29, 1.82) is 0 Å². The zero-order chi connectivity index (χ0) is 9.83. The zero-order valence-corrected chi connectivity index (χ0v) is 10.4. The van der Waals surface area contributed by atoms with E-state index < -0.39 is 8.32 Å². The van der Waals surface area contributed by atoms with Crippen LogP contribution in [0.2, 0.25) is 18.1 Å². The van der Waals surface area contributed by atoms with Crippen molar-refractivity contribution in [1.82, 2.24) is 0 Å². The fraction of sp³-hybridized carbons (Fsp3) is 1.00. The summed E-state index contributed by atoms with van der Waals surface area (Å²) in [6, 6.07) is 0. The number of hydrogen-bond acceptors (Lipinski definition) is 1. The molecule has 12 heavy (non-hydrogen) atoms. The third-order valence-electron chi connectivity index (χ3n) is 2.84. The number of rotatable bonds is 5. The van der Waals surface area contributed by atoms with Crippen LogP contribution >= 0.6 is 11.6 Å². The standard InChI is InChI=1S/C9H21ClOSi/c1-9(2,12(3,4)11)7-5-6-8-10/h11H,5-8H2,1-4H3. The third-order valence-corrected chi connectivity index (χ3v) is 6.67. The highest BCUT2D eigenvalue weighted by molar-refractivity contribution is 6.72. The van der Waals surface area contributed by atoms with Gasteiger partial charge in [0.1, 0.15) is 0 Å². The summed E-state index contributed by atoms with van der Waals surface area (Å²) in [5.74, 6) is 0.740. The molecule has 0 atom stereocenters. The Morgan fingerprint density at radius 2 is 1.75 bits per heavy atom. The van der Waals surface area contributed by atoms with Crippen molar-refractivity contribution in [2.45, 2.75) is 51.2 Å². The third kappa shape index (κ3) is 3.92. The highest BCUT2D eigenvalue weighted by Gasteiger charge is 2.36. The van der Waals surface area contributed by atoms with Gasteiger partial charge in [0.05, 0.1) is 0 Å². The van der Waals surface area contributed by atoms with Crippen molar-refractivity contribution in [3.8, 4) is 0 Å². The van der Waals surface area contributed by atoms with Crippen molar-refractivity contribution < 1.29 is 4.80 Å². The van der Waals surface area contributed by atoms with Gasteiger partial charge in [-0.2, -0.15) is 0 Å². The minimum absolute atomic E-state index is 0.124. The van der Waals surface area contributed by atoms with Crippen molar-refractivity contribution in [2.75, 3.05) is 5.88 Å². The first-order chi connectivity index (χ1) is 5.31. The van der Waals surface area contributed by atoms with Crippen LogP contribution in [0.25, 0.3) is 0 Å². The second-order valence-corrected chi connectivity index (χ2v) is 9.44. The van der Waals surface area contributed by atoms with Crippen LogP contribution < -0.4 is 0 Å². The van der Waals surface area contributed by atoms with Gasteiger partial charge in [0.15, 0.2) is 8.32 Å². The molecule has 0 heterocycles. The Hall–Kier alpha value is 0.467. The molecule has 0 amide bonds. The lowest BCUT2D eigenvalue weighted by atomic mass is 10.1. The Kier molecular flexibility index (Phi) is 4.81. The molecule has 3 heteroatoms. The monoisotopic (exact) mass is 208 g/mol. The van der Waals surface area contributed by atoms with Gasteiger partial charge in [-0.3, -0.25) is 0 Å². The number of hydrogen-bond donors (Lipinski definition) is 1. The molecule has 0 aromatic carbocycles. The molecule has 0 aromatic rings. The SMILES string of the molecule is CC(C)(CCCCCl)[Si](C)(C)O. The molecule has 1 nitrogen and oxygen atoms in total. The molecule has 0 aliphatic rings. The quantitative estimate of drug-likeness (QED) is 0.417. The molecule has 0 rings (SSSR count). The van der Waals surface area contributed by atoms with Gasteiger partial charge in [0, 0.05) is 5.88 Å². The van der Waals surface area contributed by atoms with Crippen LogP contribution in [0.3, 0.4) is 0 Å². The van der Waals surface area contributed by atoms with Crippen molar-refractivity contribution >= 4 is 19.9 Å². The van der Waals surface area contributed by atoms with Crippen LogP contribution in [0, 0.1) is 0 Å². The molecule has 0 saturated heterocycles. The lowest BCUT2D eigenvalue weighted by molar-refractivity contribution is 0.441. The average molecular weight is 209 g/mol. The van der Waals surface area contributed by atoms with Gasteiger partial charge >= 0.3 is 0 Å². The average Bonchev–Trinajstić information content (AvgIpc) is 1.85. The molecule has 1 N–H and O–H groups in total. The van der Waals surface area contributed by atoms with Gasteiger partial charge in [-0.25, -0.2) is 0 Å². The minimum atomic E-state index is -1.98. The van der Waals surface area contributed by atoms with Crippen molar-refractivity contribution in [3.05, 3.63) is 0 Å². The summed E-state index contributed by atoms with van der Waals surface area (Å²) in [5.41, 5.74) is 0. The van der Waals surface area contributed by atoms with E-state index in [1.807, 2.05) is 13.1 Å². The Labute approximate surface area is 82.3 Å². The van der Waals surface area contributed by atoms with E-state index in [0.29, 0.717) is 0 Å². The van der Waals surface area contributed by atoms with Gasteiger partial charge < -0.3 is 4.80 Å². The van der Waals surface area contributed by atoms with Crippen LogP contribution in [-0.2, 0) is 0 Å². The highest BCUT2D eigenvalue weighted by Crippen LogP contribution is 2.39. The number of halogens is 1. The minimum Gasteiger partial charge on any atom is -0.432 e. The summed E-state index contributed by atoms with van der Waals surface area (Å²) in [5, 5.41) is 0.124. The maximum atomic E-state index is 9.95. The molecule has 0 spiro atoms. The molecule has 0 saturated carbocycles. The van der Waals surface area contributed by atoms with E-state index in [2.05, 4.69) is 13.8 Å². The molecule has 0 radical (unpaired) electrons. The fourth-order valence-electron chi connectivity index (χ4n) is 0.967. The van der Waals surface area contributed by atoms with E-state index >= 15 is 0 Å². The molecule has 0 aliphatic heterocycles. The summed E-state index contributed by atoms with van der Waals surface area (Å²) in [4.78, 5) is 9.95. The van der Waals surface area contributed by atoms with Crippen LogP contribution in [0.1, 0.15) is 33.1 Å². The van der Waals surface area contributed by atoms with E-state index in [-0.39, 0.29) is 5.04 Å². The summed E-state index contributed by atoms with van der Waals surface area (Å²) < 4.78 is 0. The van der Waals surface area contributed by atoms with Crippen molar-refractivity contribution in [2.24, 2.45) is 0 Å². The lowest BCUT2D eigenvalue weighted by Gasteiger charge is -2.35. The molecule has 0 bridgehead atoms. The molecule has 74 valence electrons. The Balaban J connectivity index is 3.88. The van der Waals surface area contributed by atoms with Crippen molar-refractivity contribution in [3.63, 3.8) is 0 Å². The summed E-state index contributed by atoms with van der Waals surface area (Å²) in [6.07, 6.45) is 3.29. The fourth-order valence-corrected chi connectivity index (χ4v) is 1.94. The number of alkyl halides is 1. The molecule has 0 aliphatic carbocycles. The van der Waals surface area contributed by atoms with E-state index in [0.717, 1.165) is 25.1 Å². The first kappa shape index (κ1) is 12.5. The van der Waals surface area contributed by atoms with Gasteiger partial charge in [-0.1, -0.05) is 20.3 Å². The lowest BCUT2D eigenvalue weighted by Crippen LogP contribution is -2.38. The maximum absolute atomic E-state index is 9.95. The summed E-state index contributed by atoms with van der Waals surface area (Å²) >= 11 is 5.59. The van der Waals surface area contributed by atoms with Crippen LogP contribution in [-0.4, -0.2) is 19.0 Å². The Morgan fingerprint density at radius 1 is 1.25 bits per heavy atom. The molecular formula is C9H21ClOSi. The second kappa shape index (κ2) is 4.63. The molecular weight excluding hydrogens is 188 g/mol. The van der Waals surface area contributed by atoms with E-state index in [4.69, 9.17) is 11.6 Å². The second-order valence-electron chi connectivity index (χ2n) is 4.59. The first-order valence-electron chi connectivity index (χ1n) is 4.59.